The van der Waals surface area contributed by atoms with Crippen molar-refractivity contribution in [1.82, 2.24) is 10.3 Å². The molecule has 0 radical (unpaired) electrons. The van der Waals surface area contributed by atoms with Gasteiger partial charge in [-0.05, 0) is 12.1 Å². The first-order valence-corrected chi connectivity index (χ1v) is 4.59. The number of nitrogens with one attached hydrogen (secondary N) is 1. The van der Waals surface area contributed by atoms with E-state index < -0.39 is 0 Å². The number of pyridine rings is 1. The molecule has 0 saturated carbocycles. The topological polar surface area (TPSA) is 68.0 Å². The molecule has 0 spiro atoms. The van der Waals surface area contributed by atoms with Crippen LogP contribution in [0.15, 0.2) is 30.5 Å². The summed E-state index contributed by atoms with van der Waals surface area (Å²) in [7, 11) is 1.58. The average molecular weight is 201 g/mol. The zero-order chi connectivity index (χ0) is 10.8. The summed E-state index contributed by atoms with van der Waals surface area (Å²) in [5.41, 5.74) is 6.86. The number of hydrogen-bond donors (Lipinski definition) is 2. The van der Waals surface area contributed by atoms with E-state index in [4.69, 9.17) is 5.73 Å². The van der Waals surface area contributed by atoms with Crippen molar-refractivity contribution in [2.45, 2.75) is 0 Å². The molecular weight excluding hydrogens is 190 g/mol. The van der Waals surface area contributed by atoms with Gasteiger partial charge in [0.2, 0.25) is 0 Å². The maximum absolute atomic E-state index is 11.5. The largest absolute Gasteiger partial charge is 0.398 e. The third kappa shape index (κ3) is 1.50. The van der Waals surface area contributed by atoms with Gasteiger partial charge in [-0.2, -0.15) is 0 Å². The Morgan fingerprint density at radius 2 is 2.13 bits per heavy atom. The molecule has 15 heavy (non-hydrogen) atoms. The molecule has 4 nitrogen and oxygen atoms in total. The zero-order valence-corrected chi connectivity index (χ0v) is 8.32. The zero-order valence-electron chi connectivity index (χ0n) is 8.32. The smallest absolute Gasteiger partial charge is 0.270 e. The van der Waals surface area contributed by atoms with Crippen LogP contribution in [0.5, 0.6) is 0 Å². The highest BCUT2D eigenvalue weighted by atomic mass is 16.1. The van der Waals surface area contributed by atoms with Crippen LogP contribution in [0.3, 0.4) is 0 Å². The van der Waals surface area contributed by atoms with Gasteiger partial charge >= 0.3 is 0 Å². The van der Waals surface area contributed by atoms with Gasteiger partial charge in [0.15, 0.2) is 0 Å². The highest BCUT2D eigenvalue weighted by Crippen LogP contribution is 2.22. The molecule has 0 atom stereocenters. The maximum Gasteiger partial charge on any atom is 0.270 e. The molecule has 2 aromatic rings. The second-order valence-electron chi connectivity index (χ2n) is 3.18. The van der Waals surface area contributed by atoms with Gasteiger partial charge in [-0.15, -0.1) is 0 Å². The molecule has 0 saturated heterocycles. The average Bonchev–Trinajstić information content (AvgIpc) is 2.28. The number of carbonyl (C=O) groups excluding carboxylic acids is 1. The van der Waals surface area contributed by atoms with Crippen molar-refractivity contribution >= 4 is 22.4 Å². The van der Waals surface area contributed by atoms with Crippen molar-refractivity contribution in [2.75, 3.05) is 12.8 Å². The van der Waals surface area contributed by atoms with Crippen molar-refractivity contribution in [3.8, 4) is 0 Å². The van der Waals surface area contributed by atoms with Crippen molar-refractivity contribution in [3.63, 3.8) is 0 Å². The Morgan fingerprint density at radius 3 is 2.87 bits per heavy atom. The summed E-state index contributed by atoms with van der Waals surface area (Å²) in [6, 6.07) is 7.25. The normalized spacial score (nSPS) is 10.2. The van der Waals surface area contributed by atoms with Crippen LogP contribution in [0.4, 0.5) is 5.69 Å². The number of fused-ring (bicyclic) bond motifs is 1. The van der Waals surface area contributed by atoms with Gasteiger partial charge in [0.1, 0.15) is 5.69 Å². The summed E-state index contributed by atoms with van der Waals surface area (Å²) in [5.74, 6) is -0.203. The van der Waals surface area contributed by atoms with Gasteiger partial charge in [0, 0.05) is 29.7 Å². The molecule has 1 amide bonds. The number of amides is 1. The van der Waals surface area contributed by atoms with Crippen LogP contribution >= 0.6 is 0 Å². The number of benzene rings is 1. The first-order valence-electron chi connectivity index (χ1n) is 4.59. The van der Waals surface area contributed by atoms with Crippen LogP contribution in [0.2, 0.25) is 0 Å². The molecule has 3 N–H and O–H groups in total. The fraction of sp³-hybridized carbons (Fsp3) is 0.0909. The van der Waals surface area contributed by atoms with Crippen molar-refractivity contribution in [1.29, 1.82) is 0 Å². The van der Waals surface area contributed by atoms with Crippen molar-refractivity contribution in [3.05, 3.63) is 36.2 Å². The predicted octanol–water partition coefficient (Wildman–Crippen LogP) is 1.18. The van der Waals surface area contributed by atoms with Crippen molar-refractivity contribution < 1.29 is 4.79 Å². The minimum Gasteiger partial charge on any atom is -0.398 e. The Kier molecular flexibility index (Phi) is 2.25. The SMILES string of the molecule is CNC(=O)c1nccc2c(N)cccc12. The second kappa shape index (κ2) is 3.57. The van der Waals surface area contributed by atoms with E-state index in [1.54, 1.807) is 25.4 Å². The summed E-state index contributed by atoms with van der Waals surface area (Å²) >= 11 is 0. The Morgan fingerprint density at radius 1 is 1.33 bits per heavy atom. The summed E-state index contributed by atoms with van der Waals surface area (Å²) in [6.45, 7) is 0. The minimum atomic E-state index is -0.203. The first kappa shape index (κ1) is 9.45. The molecule has 1 aromatic carbocycles. The number of nitrogens with zero attached hydrogens (tertiary/aromatic N) is 1. The lowest BCUT2D eigenvalue weighted by Crippen LogP contribution is -2.19. The van der Waals surface area contributed by atoms with E-state index in [0.29, 0.717) is 11.4 Å². The number of rotatable bonds is 1. The van der Waals surface area contributed by atoms with E-state index in [9.17, 15) is 4.79 Å². The van der Waals surface area contributed by atoms with E-state index in [1.165, 1.54) is 0 Å². The van der Waals surface area contributed by atoms with Crippen LogP contribution in [0.1, 0.15) is 10.5 Å². The molecule has 0 unspecified atom stereocenters. The summed E-state index contributed by atoms with van der Waals surface area (Å²) in [4.78, 5) is 15.6. The van der Waals surface area contributed by atoms with E-state index in [-0.39, 0.29) is 5.91 Å². The van der Waals surface area contributed by atoms with E-state index in [1.807, 2.05) is 12.1 Å². The van der Waals surface area contributed by atoms with Crippen LogP contribution in [0.25, 0.3) is 10.8 Å². The fourth-order valence-corrected chi connectivity index (χ4v) is 1.53. The van der Waals surface area contributed by atoms with Gasteiger partial charge in [-0.3, -0.25) is 9.78 Å². The van der Waals surface area contributed by atoms with Gasteiger partial charge in [0.25, 0.3) is 5.91 Å². The van der Waals surface area contributed by atoms with Crippen LogP contribution in [0, 0.1) is 0 Å². The standard InChI is InChI=1S/C11H11N3O/c1-13-11(15)10-8-3-2-4-9(12)7(8)5-6-14-10/h2-6H,12H2,1H3,(H,13,15). The number of anilines is 1. The maximum atomic E-state index is 11.5. The van der Waals surface area contributed by atoms with Gasteiger partial charge in [-0.25, -0.2) is 0 Å². The molecule has 76 valence electrons. The molecule has 0 aliphatic carbocycles. The monoisotopic (exact) mass is 201 g/mol. The van der Waals surface area contributed by atoms with Gasteiger partial charge in [0.05, 0.1) is 0 Å². The molecule has 0 aliphatic rings. The van der Waals surface area contributed by atoms with Crippen LogP contribution < -0.4 is 11.1 Å². The third-order valence-corrected chi connectivity index (χ3v) is 2.28. The third-order valence-electron chi connectivity index (χ3n) is 2.28. The molecule has 2 rings (SSSR count). The van der Waals surface area contributed by atoms with E-state index >= 15 is 0 Å². The Bertz CT molecular complexity index is 522. The fourth-order valence-electron chi connectivity index (χ4n) is 1.53. The molecule has 0 fully saturated rings. The van der Waals surface area contributed by atoms with Crippen LogP contribution in [-0.2, 0) is 0 Å². The van der Waals surface area contributed by atoms with E-state index in [2.05, 4.69) is 10.3 Å². The van der Waals surface area contributed by atoms with Gasteiger partial charge < -0.3 is 11.1 Å². The van der Waals surface area contributed by atoms with E-state index in [0.717, 1.165) is 10.8 Å². The molecule has 1 heterocycles. The lowest BCUT2D eigenvalue weighted by Gasteiger charge is -2.05. The lowest BCUT2D eigenvalue weighted by atomic mass is 10.1. The number of nitrogens with two attached hydrogens (primary N) is 1. The Balaban J connectivity index is 2.77. The predicted molar refractivity (Wildman–Crippen MR) is 59.5 cm³/mol. The van der Waals surface area contributed by atoms with Gasteiger partial charge in [-0.1, -0.05) is 12.1 Å². The molecular formula is C11H11N3O. The molecule has 0 bridgehead atoms. The highest BCUT2D eigenvalue weighted by Gasteiger charge is 2.10. The minimum absolute atomic E-state index is 0.203. The number of nitrogen functional groups attached to an aromatic ring is 1. The molecule has 1 aromatic heterocycles. The number of carbonyl (C=O) groups is 1. The highest BCUT2D eigenvalue weighted by molar-refractivity contribution is 6.07. The second-order valence-corrected chi connectivity index (χ2v) is 3.18. The summed E-state index contributed by atoms with van der Waals surface area (Å²) in [6.07, 6.45) is 1.59. The summed E-state index contributed by atoms with van der Waals surface area (Å²) in [5, 5.41) is 4.18. The number of aromatic nitrogens is 1. The van der Waals surface area contributed by atoms with Crippen molar-refractivity contribution in [2.24, 2.45) is 0 Å². The Labute approximate surface area is 87.1 Å². The first-order chi connectivity index (χ1) is 7.24. The molecule has 0 aliphatic heterocycles. The summed E-state index contributed by atoms with van der Waals surface area (Å²) < 4.78 is 0. The Hall–Kier alpha value is -2.10. The molecule has 4 heteroatoms. The van der Waals surface area contributed by atoms with Crippen LogP contribution in [-0.4, -0.2) is 17.9 Å². The number of hydrogen-bond acceptors (Lipinski definition) is 3. The quantitative estimate of drug-likeness (QED) is 0.681. The lowest BCUT2D eigenvalue weighted by molar-refractivity contribution is 0.0960.